The monoisotopic (exact) mass is 385 g/mol. The van der Waals surface area contributed by atoms with E-state index >= 15 is 0 Å². The van der Waals surface area contributed by atoms with Crippen LogP contribution in [0.15, 0.2) is 52.9 Å². The summed E-state index contributed by atoms with van der Waals surface area (Å²) in [4.78, 5) is 12.5. The second-order valence-electron chi connectivity index (χ2n) is 5.83. The number of ether oxygens (including phenoxy) is 3. The van der Waals surface area contributed by atoms with Gasteiger partial charge in [-0.15, -0.1) is 0 Å². The highest BCUT2D eigenvalue weighted by molar-refractivity contribution is 6.32. The number of carbonyl (C=O) groups excluding carboxylic acids is 1. The molecule has 0 bridgehead atoms. The van der Waals surface area contributed by atoms with E-state index in [9.17, 15) is 4.79 Å². The van der Waals surface area contributed by atoms with Gasteiger partial charge in [-0.3, -0.25) is 4.79 Å². The molecule has 3 aromatic rings. The van der Waals surface area contributed by atoms with Gasteiger partial charge in [0.05, 0.1) is 12.1 Å². The molecule has 27 heavy (non-hydrogen) atoms. The summed E-state index contributed by atoms with van der Waals surface area (Å²) in [6.45, 7) is 1.000. The minimum absolute atomic E-state index is 0.187. The van der Waals surface area contributed by atoms with E-state index < -0.39 is 0 Å². The number of anilines is 1. The van der Waals surface area contributed by atoms with E-state index in [0.717, 1.165) is 5.56 Å². The van der Waals surface area contributed by atoms with Crippen molar-refractivity contribution < 1.29 is 23.4 Å². The molecule has 0 saturated heterocycles. The van der Waals surface area contributed by atoms with Crippen LogP contribution in [0, 0.1) is 0 Å². The van der Waals surface area contributed by atoms with Crippen molar-refractivity contribution in [3.05, 3.63) is 59.3 Å². The zero-order valence-corrected chi connectivity index (χ0v) is 15.2. The molecule has 4 rings (SSSR count). The predicted molar refractivity (Wildman–Crippen MR) is 101 cm³/mol. The van der Waals surface area contributed by atoms with Crippen molar-refractivity contribution in [1.29, 1.82) is 0 Å². The third-order valence-corrected chi connectivity index (χ3v) is 4.36. The molecule has 0 spiro atoms. The van der Waals surface area contributed by atoms with Gasteiger partial charge in [-0.25, -0.2) is 0 Å². The highest BCUT2D eigenvalue weighted by atomic mass is 35.5. The van der Waals surface area contributed by atoms with Crippen LogP contribution in [0.25, 0.3) is 11.3 Å². The molecule has 1 aliphatic rings. The molecule has 1 aliphatic heterocycles. The first-order valence-electron chi connectivity index (χ1n) is 8.29. The summed E-state index contributed by atoms with van der Waals surface area (Å²) in [6.07, 6.45) is 0. The van der Waals surface area contributed by atoms with Crippen LogP contribution < -0.4 is 19.5 Å². The van der Waals surface area contributed by atoms with Gasteiger partial charge < -0.3 is 23.9 Å². The van der Waals surface area contributed by atoms with E-state index in [0.29, 0.717) is 46.9 Å². The van der Waals surface area contributed by atoms with Gasteiger partial charge in [-0.1, -0.05) is 11.6 Å². The first kappa shape index (κ1) is 17.3. The van der Waals surface area contributed by atoms with Gasteiger partial charge in [0.25, 0.3) is 5.91 Å². The van der Waals surface area contributed by atoms with Crippen molar-refractivity contribution in [1.82, 2.24) is 0 Å². The average Bonchev–Trinajstić information content (AvgIpc) is 3.18. The molecule has 2 heterocycles. The van der Waals surface area contributed by atoms with Gasteiger partial charge in [0.1, 0.15) is 24.7 Å². The van der Waals surface area contributed by atoms with Gasteiger partial charge >= 0.3 is 0 Å². The Labute approximate surface area is 160 Å². The van der Waals surface area contributed by atoms with Crippen molar-refractivity contribution in [3.8, 4) is 28.6 Å². The molecule has 2 aromatic carbocycles. The normalized spacial score (nSPS) is 12.5. The number of nitrogens with one attached hydrogen (secondary N) is 1. The Balaban J connectivity index is 1.51. The van der Waals surface area contributed by atoms with Crippen molar-refractivity contribution in [3.63, 3.8) is 0 Å². The summed E-state index contributed by atoms with van der Waals surface area (Å²) in [6, 6.07) is 13.8. The minimum atomic E-state index is -0.363. The summed E-state index contributed by atoms with van der Waals surface area (Å²) >= 11 is 6.15. The zero-order valence-electron chi connectivity index (χ0n) is 14.5. The lowest BCUT2D eigenvalue weighted by Gasteiger charge is -2.18. The van der Waals surface area contributed by atoms with Crippen molar-refractivity contribution in [2.24, 2.45) is 0 Å². The van der Waals surface area contributed by atoms with Crippen LogP contribution in [0.1, 0.15) is 10.6 Å². The molecular formula is C20H16ClNO5. The molecule has 7 heteroatoms. The molecular weight excluding hydrogens is 370 g/mol. The molecule has 0 atom stereocenters. The number of amides is 1. The fourth-order valence-electron chi connectivity index (χ4n) is 2.75. The van der Waals surface area contributed by atoms with Crippen LogP contribution in [0.2, 0.25) is 5.02 Å². The average molecular weight is 386 g/mol. The lowest BCUT2D eigenvalue weighted by Crippen LogP contribution is -2.16. The molecule has 1 amide bonds. The second-order valence-corrected chi connectivity index (χ2v) is 6.23. The first-order valence-corrected chi connectivity index (χ1v) is 8.66. The number of rotatable bonds is 4. The molecule has 1 N–H and O–H groups in total. The number of hydrogen-bond acceptors (Lipinski definition) is 5. The third kappa shape index (κ3) is 3.57. The van der Waals surface area contributed by atoms with Crippen LogP contribution in [0.4, 0.5) is 5.69 Å². The standard InChI is InChI=1S/C20H16ClNO5/c1-24-16-4-2-12(10-14(16)21)15-6-7-18(27-15)20(23)22-13-3-5-17-19(11-13)26-9-8-25-17/h2-7,10-11H,8-9H2,1H3,(H,22,23). The molecule has 0 aliphatic carbocycles. The fraction of sp³-hybridized carbons (Fsp3) is 0.150. The Morgan fingerprint density at radius 3 is 2.63 bits per heavy atom. The smallest absolute Gasteiger partial charge is 0.291 e. The van der Waals surface area contributed by atoms with E-state index in [-0.39, 0.29) is 11.7 Å². The number of carbonyl (C=O) groups is 1. The molecule has 0 radical (unpaired) electrons. The van der Waals surface area contributed by atoms with Gasteiger partial charge in [0.15, 0.2) is 17.3 Å². The molecule has 0 fully saturated rings. The summed E-state index contributed by atoms with van der Waals surface area (Å²) in [7, 11) is 1.55. The molecule has 1 aromatic heterocycles. The number of methoxy groups -OCH3 is 1. The third-order valence-electron chi connectivity index (χ3n) is 4.07. The Morgan fingerprint density at radius 2 is 1.85 bits per heavy atom. The summed E-state index contributed by atoms with van der Waals surface area (Å²) in [5.41, 5.74) is 1.34. The van der Waals surface area contributed by atoms with Crippen LogP contribution >= 0.6 is 11.6 Å². The van der Waals surface area contributed by atoms with Gasteiger partial charge in [-0.05, 0) is 42.5 Å². The van der Waals surface area contributed by atoms with E-state index in [1.54, 1.807) is 49.6 Å². The summed E-state index contributed by atoms with van der Waals surface area (Å²) in [5.74, 6) is 2.20. The van der Waals surface area contributed by atoms with E-state index in [1.807, 2.05) is 6.07 Å². The van der Waals surface area contributed by atoms with E-state index in [1.165, 1.54) is 0 Å². The Hall–Kier alpha value is -3.12. The maximum Gasteiger partial charge on any atom is 0.291 e. The van der Waals surface area contributed by atoms with Crippen LogP contribution in [0.5, 0.6) is 17.2 Å². The topological polar surface area (TPSA) is 69.9 Å². The second kappa shape index (κ2) is 7.25. The highest BCUT2D eigenvalue weighted by Crippen LogP contribution is 2.33. The summed E-state index contributed by atoms with van der Waals surface area (Å²) < 4.78 is 21.8. The van der Waals surface area contributed by atoms with Crippen LogP contribution in [-0.2, 0) is 0 Å². The molecule has 6 nitrogen and oxygen atoms in total. The number of fused-ring (bicyclic) bond motifs is 1. The van der Waals surface area contributed by atoms with Gasteiger partial charge in [0, 0.05) is 17.3 Å². The number of benzene rings is 2. The summed E-state index contributed by atoms with van der Waals surface area (Å²) in [5, 5.41) is 3.25. The maximum atomic E-state index is 12.5. The van der Waals surface area contributed by atoms with Gasteiger partial charge in [-0.2, -0.15) is 0 Å². The maximum absolute atomic E-state index is 12.5. The number of furan rings is 1. The zero-order chi connectivity index (χ0) is 18.8. The number of halogens is 1. The first-order chi connectivity index (χ1) is 13.1. The van der Waals surface area contributed by atoms with E-state index in [2.05, 4.69) is 5.32 Å². The minimum Gasteiger partial charge on any atom is -0.495 e. The Morgan fingerprint density at radius 1 is 1.04 bits per heavy atom. The Kier molecular flexibility index (Phi) is 4.64. The van der Waals surface area contributed by atoms with Crippen molar-refractivity contribution >= 4 is 23.2 Å². The van der Waals surface area contributed by atoms with Crippen molar-refractivity contribution in [2.45, 2.75) is 0 Å². The Bertz CT molecular complexity index is 998. The van der Waals surface area contributed by atoms with Crippen LogP contribution in [0.3, 0.4) is 0 Å². The quantitative estimate of drug-likeness (QED) is 0.708. The highest BCUT2D eigenvalue weighted by Gasteiger charge is 2.16. The SMILES string of the molecule is COc1ccc(-c2ccc(C(=O)Nc3ccc4c(c3)OCCO4)o2)cc1Cl. The van der Waals surface area contributed by atoms with E-state index in [4.69, 9.17) is 30.2 Å². The predicted octanol–water partition coefficient (Wildman–Crippen LogP) is 4.63. The lowest BCUT2D eigenvalue weighted by atomic mass is 10.2. The van der Waals surface area contributed by atoms with Crippen molar-refractivity contribution in [2.75, 3.05) is 25.6 Å². The van der Waals surface area contributed by atoms with Gasteiger partial charge in [0.2, 0.25) is 0 Å². The number of hydrogen-bond donors (Lipinski definition) is 1. The molecule has 138 valence electrons. The van der Waals surface area contributed by atoms with Crippen LogP contribution in [-0.4, -0.2) is 26.2 Å². The lowest BCUT2D eigenvalue weighted by molar-refractivity contribution is 0.0997. The molecule has 0 unspecified atom stereocenters. The largest absolute Gasteiger partial charge is 0.495 e. The molecule has 0 saturated carbocycles. The fourth-order valence-corrected chi connectivity index (χ4v) is 3.01.